The molecule has 0 aliphatic rings. The van der Waals surface area contributed by atoms with Gasteiger partial charge in [0.2, 0.25) is 0 Å². The molecule has 0 heterocycles. The van der Waals surface area contributed by atoms with Crippen LogP contribution in [-0.2, 0) is 23.9 Å². The van der Waals surface area contributed by atoms with E-state index in [1.54, 1.807) is 0 Å². The van der Waals surface area contributed by atoms with Crippen molar-refractivity contribution in [2.75, 3.05) is 81.8 Å². The fourth-order valence-electron chi connectivity index (χ4n) is 1.69. The van der Waals surface area contributed by atoms with Crippen molar-refractivity contribution >= 4 is 17.9 Å². The lowest BCUT2D eigenvalue weighted by molar-refractivity contribution is -0.870. The number of hydrogen-bond donors (Lipinski definition) is 3. The molecular formula is C22H43ClN2O9. The summed E-state index contributed by atoms with van der Waals surface area (Å²) in [7, 11) is 12.3. The van der Waals surface area contributed by atoms with E-state index < -0.39 is 36.4 Å². The lowest BCUT2D eigenvalue weighted by atomic mass is 9.96. The SMILES string of the molecule is C=CCOC(=O)CC(O)(CC(=O)OCC=C)C(=O)[O-].C[N+](C)(C)CCO.C[N+](C)(C)CCO.[Cl-]. The molecule has 0 amide bonds. The van der Waals surface area contributed by atoms with Crippen LogP contribution in [0.4, 0.5) is 0 Å². The number of ether oxygens (including phenoxy) is 2. The Hall–Kier alpha value is -2.02. The summed E-state index contributed by atoms with van der Waals surface area (Å²) < 4.78 is 10.7. The Morgan fingerprint density at radius 1 is 0.824 bits per heavy atom. The predicted octanol–water partition coefficient (Wildman–Crippen LogP) is -4.92. The number of hydrogen-bond acceptors (Lipinski definition) is 9. The quantitative estimate of drug-likeness (QED) is 0.125. The highest BCUT2D eigenvalue weighted by Gasteiger charge is 2.36. The zero-order valence-electron chi connectivity index (χ0n) is 21.3. The van der Waals surface area contributed by atoms with Gasteiger partial charge in [0.05, 0.1) is 74.3 Å². The first-order valence-corrected chi connectivity index (χ1v) is 10.3. The highest BCUT2D eigenvalue weighted by atomic mass is 35.5. The van der Waals surface area contributed by atoms with Crippen LogP contribution in [0, 0.1) is 0 Å². The van der Waals surface area contributed by atoms with Gasteiger partial charge in [-0.15, -0.1) is 0 Å². The Labute approximate surface area is 209 Å². The van der Waals surface area contributed by atoms with Crippen molar-refractivity contribution in [3.05, 3.63) is 25.3 Å². The summed E-state index contributed by atoms with van der Waals surface area (Å²) in [5.41, 5.74) is -2.67. The highest BCUT2D eigenvalue weighted by Crippen LogP contribution is 2.16. The molecule has 11 nitrogen and oxygen atoms in total. The number of likely N-dealkylation sites (N-methyl/N-ethyl adjacent to an activating group) is 2. The number of halogens is 1. The maximum Gasteiger partial charge on any atom is 0.309 e. The second-order valence-electron chi connectivity index (χ2n) is 9.09. The van der Waals surface area contributed by atoms with Crippen molar-refractivity contribution in [1.82, 2.24) is 0 Å². The third-order valence-corrected chi connectivity index (χ3v) is 3.52. The van der Waals surface area contributed by atoms with E-state index in [2.05, 4.69) is 64.9 Å². The third kappa shape index (κ3) is 28.0. The monoisotopic (exact) mass is 514 g/mol. The number of carboxylic acid groups (broad SMARTS) is 1. The average molecular weight is 515 g/mol. The van der Waals surface area contributed by atoms with Crippen LogP contribution < -0.4 is 17.5 Å². The van der Waals surface area contributed by atoms with Crippen molar-refractivity contribution in [2.24, 2.45) is 0 Å². The number of esters is 2. The Balaban J connectivity index is -0.000000247. The number of carbonyl (C=O) groups is 3. The molecule has 0 saturated heterocycles. The Kier molecular flexibility index (Phi) is 23.5. The fourth-order valence-corrected chi connectivity index (χ4v) is 1.69. The molecule has 0 rings (SSSR count). The summed E-state index contributed by atoms with van der Waals surface area (Å²) in [6.45, 7) is 8.55. The lowest BCUT2D eigenvalue weighted by Gasteiger charge is -2.26. The second-order valence-corrected chi connectivity index (χ2v) is 9.09. The summed E-state index contributed by atoms with van der Waals surface area (Å²) in [5, 5.41) is 37.3. The Morgan fingerprint density at radius 2 is 1.12 bits per heavy atom. The molecule has 0 aromatic carbocycles. The van der Waals surface area contributed by atoms with E-state index in [-0.39, 0.29) is 38.8 Å². The predicted molar refractivity (Wildman–Crippen MR) is 121 cm³/mol. The van der Waals surface area contributed by atoms with Gasteiger partial charge in [-0.05, 0) is 0 Å². The number of nitrogens with zero attached hydrogens (tertiary/aromatic N) is 2. The molecular weight excluding hydrogens is 472 g/mol. The van der Waals surface area contributed by atoms with Crippen LogP contribution in [0.2, 0.25) is 0 Å². The molecule has 12 heteroatoms. The number of aliphatic hydroxyl groups excluding tert-OH is 2. The standard InChI is InChI=1S/C12H16O7.2C5H14NO.ClH/c1-3-5-18-9(13)7-12(17,11(15)16)8-10(14)19-6-4-2;2*1-6(2,3)4-5-7;/h3-4,17H,1-2,5-8H2,(H,15,16);2*7H,4-5H2,1-3H3;1H/q;2*+1;/p-2. The van der Waals surface area contributed by atoms with E-state index in [0.717, 1.165) is 22.1 Å². The first-order valence-electron chi connectivity index (χ1n) is 10.3. The minimum Gasteiger partial charge on any atom is -1.00 e. The molecule has 0 aliphatic carbocycles. The number of carboxylic acids is 1. The Morgan fingerprint density at radius 3 is 1.26 bits per heavy atom. The van der Waals surface area contributed by atoms with Crippen molar-refractivity contribution < 1.29 is 65.7 Å². The molecule has 0 saturated carbocycles. The van der Waals surface area contributed by atoms with Crippen molar-refractivity contribution in [3.8, 4) is 0 Å². The van der Waals surface area contributed by atoms with E-state index in [1.807, 2.05) is 0 Å². The molecule has 0 aliphatic heterocycles. The first-order chi connectivity index (χ1) is 15.0. The van der Waals surface area contributed by atoms with E-state index in [4.69, 9.17) is 10.2 Å². The number of carbonyl (C=O) groups excluding carboxylic acids is 3. The van der Waals surface area contributed by atoms with Gasteiger partial charge in [-0.2, -0.15) is 0 Å². The van der Waals surface area contributed by atoms with E-state index in [0.29, 0.717) is 0 Å². The fraction of sp³-hybridized carbons (Fsp3) is 0.682. The summed E-state index contributed by atoms with van der Waals surface area (Å²) in [6.07, 6.45) is 0.696. The second kappa shape index (κ2) is 20.4. The maximum absolute atomic E-state index is 11.2. The van der Waals surface area contributed by atoms with E-state index >= 15 is 0 Å². The van der Waals surface area contributed by atoms with Gasteiger partial charge in [0.1, 0.15) is 31.9 Å². The van der Waals surface area contributed by atoms with Gasteiger partial charge in [0.15, 0.2) is 0 Å². The third-order valence-electron chi connectivity index (χ3n) is 3.52. The molecule has 0 atom stereocenters. The molecule has 0 aromatic heterocycles. The topological polar surface area (TPSA) is 153 Å². The zero-order valence-corrected chi connectivity index (χ0v) is 22.0. The molecule has 0 fully saturated rings. The van der Waals surface area contributed by atoms with Gasteiger partial charge in [0, 0.05) is 0 Å². The average Bonchev–Trinajstić information content (AvgIpc) is 2.63. The van der Waals surface area contributed by atoms with Gasteiger partial charge in [-0.3, -0.25) is 9.59 Å². The zero-order chi connectivity index (χ0) is 26.7. The van der Waals surface area contributed by atoms with Crippen LogP contribution in [0.3, 0.4) is 0 Å². The van der Waals surface area contributed by atoms with Gasteiger partial charge >= 0.3 is 11.9 Å². The molecule has 0 radical (unpaired) electrons. The van der Waals surface area contributed by atoms with Crippen LogP contribution in [0.5, 0.6) is 0 Å². The van der Waals surface area contributed by atoms with Crippen LogP contribution in [0.1, 0.15) is 12.8 Å². The van der Waals surface area contributed by atoms with Gasteiger partial charge in [-0.1, -0.05) is 25.3 Å². The van der Waals surface area contributed by atoms with Crippen molar-refractivity contribution in [2.45, 2.75) is 18.4 Å². The molecule has 202 valence electrons. The van der Waals surface area contributed by atoms with Crippen LogP contribution in [-0.4, -0.2) is 130 Å². The van der Waals surface area contributed by atoms with E-state index in [1.165, 1.54) is 12.2 Å². The molecule has 0 unspecified atom stereocenters. The number of aliphatic carboxylic acids is 1. The molecule has 3 N–H and O–H groups in total. The van der Waals surface area contributed by atoms with E-state index in [9.17, 15) is 24.6 Å². The normalized spacial score (nSPS) is 10.7. The van der Waals surface area contributed by atoms with Crippen LogP contribution in [0.25, 0.3) is 0 Å². The van der Waals surface area contributed by atoms with Crippen LogP contribution in [0.15, 0.2) is 25.3 Å². The van der Waals surface area contributed by atoms with Gasteiger partial charge in [0.25, 0.3) is 0 Å². The van der Waals surface area contributed by atoms with Crippen LogP contribution >= 0.6 is 0 Å². The molecule has 34 heavy (non-hydrogen) atoms. The molecule has 0 bridgehead atoms. The summed E-state index contributed by atoms with van der Waals surface area (Å²) in [5.74, 6) is -3.95. The van der Waals surface area contributed by atoms with Crippen molar-refractivity contribution in [1.29, 1.82) is 0 Å². The maximum atomic E-state index is 11.2. The van der Waals surface area contributed by atoms with Gasteiger partial charge in [-0.25, -0.2) is 0 Å². The minimum atomic E-state index is -2.67. The van der Waals surface area contributed by atoms with Gasteiger partial charge < -0.3 is 56.1 Å². The number of aliphatic hydroxyl groups is 3. The molecule has 0 spiro atoms. The smallest absolute Gasteiger partial charge is 0.309 e. The van der Waals surface area contributed by atoms with Crippen molar-refractivity contribution in [3.63, 3.8) is 0 Å². The minimum absolute atomic E-state index is 0. The summed E-state index contributed by atoms with van der Waals surface area (Å²) >= 11 is 0. The summed E-state index contributed by atoms with van der Waals surface area (Å²) in [4.78, 5) is 33.3. The first kappa shape index (κ1) is 39.2. The molecule has 0 aromatic rings. The number of rotatable bonds is 13. The number of quaternary nitrogens is 2. The summed E-state index contributed by atoms with van der Waals surface area (Å²) in [6, 6.07) is 0. The highest BCUT2D eigenvalue weighted by molar-refractivity contribution is 5.88. The Bertz CT molecular complexity index is 558. The largest absolute Gasteiger partial charge is 1.00 e. The lowest BCUT2D eigenvalue weighted by Crippen LogP contribution is -3.00.